The van der Waals surface area contributed by atoms with E-state index >= 15 is 0 Å². The summed E-state index contributed by atoms with van der Waals surface area (Å²) in [5.74, 6) is 1.26. The number of methoxy groups -OCH3 is 1. The summed E-state index contributed by atoms with van der Waals surface area (Å²) in [7, 11) is 1.63. The Bertz CT molecular complexity index is 987. The maximum Gasteiger partial charge on any atom is 0.261 e. The Morgan fingerprint density at radius 3 is 2.41 bits per heavy atom. The summed E-state index contributed by atoms with van der Waals surface area (Å²) in [6.07, 6.45) is 0.885. The molecule has 0 fully saturated rings. The van der Waals surface area contributed by atoms with E-state index in [-0.39, 0.29) is 5.91 Å². The van der Waals surface area contributed by atoms with Gasteiger partial charge in [-0.1, -0.05) is 6.07 Å². The number of aromatic nitrogens is 2. The molecule has 1 amide bonds. The van der Waals surface area contributed by atoms with Gasteiger partial charge in [0.15, 0.2) is 6.10 Å². The molecule has 0 aliphatic rings. The first-order valence-electron chi connectivity index (χ1n) is 9.43. The van der Waals surface area contributed by atoms with Gasteiger partial charge in [0.25, 0.3) is 5.91 Å². The zero-order valence-electron chi connectivity index (χ0n) is 17.1. The summed E-state index contributed by atoms with van der Waals surface area (Å²) in [5.41, 5.74) is 4.77. The minimum Gasteiger partial charge on any atom is -0.497 e. The van der Waals surface area contributed by atoms with Gasteiger partial charge in [0.1, 0.15) is 17.8 Å². The number of carbonyl (C=O) groups is 1. The van der Waals surface area contributed by atoms with Gasteiger partial charge in [-0.3, -0.25) is 4.79 Å². The van der Waals surface area contributed by atoms with Gasteiger partial charge in [-0.2, -0.15) is 0 Å². The van der Waals surface area contributed by atoms with Gasteiger partial charge in [0, 0.05) is 5.56 Å². The quantitative estimate of drug-likeness (QED) is 0.662. The lowest BCUT2D eigenvalue weighted by Crippen LogP contribution is -2.36. The molecule has 0 bridgehead atoms. The molecule has 1 aromatic heterocycles. The Hall–Kier alpha value is -3.41. The normalized spacial score (nSPS) is 11.6. The molecule has 0 saturated heterocycles. The van der Waals surface area contributed by atoms with Gasteiger partial charge in [0.2, 0.25) is 0 Å². The third-order valence-electron chi connectivity index (χ3n) is 4.71. The first kappa shape index (κ1) is 20.3. The monoisotopic (exact) mass is 391 g/mol. The highest BCUT2D eigenvalue weighted by atomic mass is 16.5. The summed E-state index contributed by atoms with van der Waals surface area (Å²) in [6, 6.07) is 15.3. The van der Waals surface area contributed by atoms with Crippen molar-refractivity contribution in [2.24, 2.45) is 0 Å². The number of hydrogen-bond acceptors (Lipinski definition) is 5. The molecule has 2 aromatic carbocycles. The highest BCUT2D eigenvalue weighted by molar-refractivity contribution is 5.80. The number of carbonyl (C=O) groups excluding carboxylic acids is 1. The molecule has 1 unspecified atom stereocenters. The molecule has 0 saturated carbocycles. The van der Waals surface area contributed by atoms with Crippen LogP contribution in [0.5, 0.6) is 11.5 Å². The molecule has 0 aliphatic heterocycles. The molecule has 3 rings (SSSR count). The molecule has 0 aliphatic carbocycles. The summed E-state index contributed by atoms with van der Waals surface area (Å²) in [4.78, 5) is 21.0. The van der Waals surface area contributed by atoms with Gasteiger partial charge in [-0.15, -0.1) is 0 Å². The van der Waals surface area contributed by atoms with E-state index < -0.39 is 6.10 Å². The van der Waals surface area contributed by atoms with Crippen molar-refractivity contribution in [3.05, 3.63) is 71.7 Å². The van der Waals surface area contributed by atoms with E-state index in [1.165, 1.54) is 11.9 Å². The minimum atomic E-state index is -0.611. The van der Waals surface area contributed by atoms with Gasteiger partial charge in [0.05, 0.1) is 25.0 Å². The maximum absolute atomic E-state index is 12.4. The number of nitrogens with one attached hydrogen (secondary N) is 1. The average Bonchev–Trinajstić information content (AvgIpc) is 2.75. The number of nitrogens with zero attached hydrogens (tertiary/aromatic N) is 2. The standard InChI is InChI=1S/C23H25N3O3/c1-15-5-8-21(11-16(15)2)29-17(3)23(27)24-13-19-12-22(26-14-25-19)18-6-9-20(28-4)10-7-18/h5-12,14,17H,13H2,1-4H3,(H,24,27). The van der Waals surface area contributed by atoms with Crippen LogP contribution in [-0.2, 0) is 11.3 Å². The molecular weight excluding hydrogens is 366 g/mol. The van der Waals surface area contributed by atoms with Crippen molar-refractivity contribution in [1.82, 2.24) is 15.3 Å². The van der Waals surface area contributed by atoms with Crippen LogP contribution in [0.4, 0.5) is 0 Å². The lowest BCUT2D eigenvalue weighted by molar-refractivity contribution is -0.127. The van der Waals surface area contributed by atoms with Crippen molar-refractivity contribution < 1.29 is 14.3 Å². The van der Waals surface area contributed by atoms with Crippen molar-refractivity contribution in [2.75, 3.05) is 7.11 Å². The van der Waals surface area contributed by atoms with E-state index in [2.05, 4.69) is 15.3 Å². The largest absolute Gasteiger partial charge is 0.497 e. The van der Waals surface area contributed by atoms with Crippen LogP contribution in [0.3, 0.4) is 0 Å². The molecule has 1 N–H and O–H groups in total. The van der Waals surface area contributed by atoms with E-state index in [1.807, 2.05) is 62.4 Å². The van der Waals surface area contributed by atoms with E-state index in [0.29, 0.717) is 12.3 Å². The number of hydrogen-bond donors (Lipinski definition) is 1. The Morgan fingerprint density at radius 2 is 1.72 bits per heavy atom. The first-order chi connectivity index (χ1) is 14.0. The van der Waals surface area contributed by atoms with Crippen LogP contribution in [0.15, 0.2) is 54.9 Å². The Morgan fingerprint density at radius 1 is 1.00 bits per heavy atom. The van der Waals surface area contributed by atoms with Crippen LogP contribution in [0.25, 0.3) is 11.3 Å². The van der Waals surface area contributed by atoms with E-state index in [4.69, 9.17) is 9.47 Å². The second-order valence-electron chi connectivity index (χ2n) is 6.85. The third-order valence-corrected chi connectivity index (χ3v) is 4.71. The van der Waals surface area contributed by atoms with Crippen molar-refractivity contribution in [3.8, 4) is 22.8 Å². The Balaban J connectivity index is 1.60. The predicted octanol–water partition coefficient (Wildman–Crippen LogP) is 3.85. The second kappa shape index (κ2) is 9.19. The summed E-state index contributed by atoms with van der Waals surface area (Å²) < 4.78 is 10.9. The fourth-order valence-corrected chi connectivity index (χ4v) is 2.78. The fraction of sp³-hybridized carbons (Fsp3) is 0.261. The SMILES string of the molecule is COc1ccc(-c2cc(CNC(=O)C(C)Oc3ccc(C)c(C)c3)ncn2)cc1. The molecule has 1 atom stereocenters. The van der Waals surface area contributed by atoms with Crippen LogP contribution < -0.4 is 14.8 Å². The first-order valence-corrected chi connectivity index (χ1v) is 9.43. The molecule has 29 heavy (non-hydrogen) atoms. The molecule has 150 valence electrons. The summed E-state index contributed by atoms with van der Waals surface area (Å²) in [5, 5.41) is 2.87. The number of benzene rings is 2. The predicted molar refractivity (Wildman–Crippen MR) is 112 cm³/mol. The van der Waals surface area contributed by atoms with Crippen LogP contribution in [0.1, 0.15) is 23.7 Å². The number of rotatable bonds is 7. The maximum atomic E-state index is 12.4. The lowest BCUT2D eigenvalue weighted by Gasteiger charge is -2.15. The number of amides is 1. The fourth-order valence-electron chi connectivity index (χ4n) is 2.78. The molecular formula is C23H25N3O3. The summed E-state index contributed by atoms with van der Waals surface area (Å²) in [6.45, 7) is 6.08. The van der Waals surface area contributed by atoms with E-state index in [9.17, 15) is 4.79 Å². The third kappa shape index (κ3) is 5.31. The highest BCUT2D eigenvalue weighted by Crippen LogP contribution is 2.21. The molecule has 3 aromatic rings. The van der Waals surface area contributed by atoms with Crippen LogP contribution in [0.2, 0.25) is 0 Å². The molecule has 1 heterocycles. The highest BCUT2D eigenvalue weighted by Gasteiger charge is 2.15. The molecule has 6 nitrogen and oxygen atoms in total. The van der Waals surface area contributed by atoms with Gasteiger partial charge >= 0.3 is 0 Å². The lowest BCUT2D eigenvalue weighted by atomic mass is 10.1. The Kier molecular flexibility index (Phi) is 6.44. The zero-order valence-corrected chi connectivity index (χ0v) is 17.1. The van der Waals surface area contributed by atoms with Crippen molar-refractivity contribution >= 4 is 5.91 Å². The molecule has 0 radical (unpaired) electrons. The van der Waals surface area contributed by atoms with E-state index in [1.54, 1.807) is 14.0 Å². The average molecular weight is 391 g/mol. The van der Waals surface area contributed by atoms with Crippen molar-refractivity contribution in [3.63, 3.8) is 0 Å². The zero-order chi connectivity index (χ0) is 20.8. The Labute approximate surface area is 170 Å². The van der Waals surface area contributed by atoms with Crippen LogP contribution in [-0.4, -0.2) is 29.1 Å². The van der Waals surface area contributed by atoms with Gasteiger partial charge < -0.3 is 14.8 Å². The van der Waals surface area contributed by atoms with Crippen molar-refractivity contribution in [1.29, 1.82) is 0 Å². The van der Waals surface area contributed by atoms with Crippen LogP contribution in [0, 0.1) is 13.8 Å². The smallest absolute Gasteiger partial charge is 0.261 e. The van der Waals surface area contributed by atoms with Gasteiger partial charge in [-0.05, 0) is 74.4 Å². The number of ether oxygens (including phenoxy) is 2. The van der Waals surface area contributed by atoms with Crippen molar-refractivity contribution in [2.45, 2.75) is 33.4 Å². The van der Waals surface area contributed by atoms with Gasteiger partial charge in [-0.25, -0.2) is 9.97 Å². The second-order valence-corrected chi connectivity index (χ2v) is 6.85. The molecule has 6 heteroatoms. The minimum absolute atomic E-state index is 0.201. The number of aryl methyl sites for hydroxylation is 2. The molecule has 0 spiro atoms. The summed E-state index contributed by atoms with van der Waals surface area (Å²) >= 11 is 0. The van der Waals surface area contributed by atoms with Crippen LogP contribution >= 0.6 is 0 Å². The van der Waals surface area contributed by atoms with E-state index in [0.717, 1.165) is 28.3 Å². The topological polar surface area (TPSA) is 73.3 Å².